The summed E-state index contributed by atoms with van der Waals surface area (Å²) in [7, 11) is 0. The first-order valence-electron chi connectivity index (χ1n) is 8.10. The molecule has 23 heavy (non-hydrogen) atoms. The Bertz CT molecular complexity index is 672. The van der Waals surface area contributed by atoms with E-state index in [0.29, 0.717) is 44.1 Å². The predicted octanol–water partition coefficient (Wildman–Crippen LogP) is 1.58. The van der Waals surface area contributed by atoms with Gasteiger partial charge in [0.15, 0.2) is 0 Å². The lowest BCUT2D eigenvalue weighted by atomic mass is 9.86. The zero-order valence-electron chi connectivity index (χ0n) is 13.6. The SMILES string of the molecule is CC(C)C(=O)N1CCc2nc(N)c(C#N)c(C3CCOC3)c2C1. The van der Waals surface area contributed by atoms with Crippen LogP contribution in [0.5, 0.6) is 0 Å². The van der Waals surface area contributed by atoms with Crippen LogP contribution in [0.25, 0.3) is 0 Å². The van der Waals surface area contributed by atoms with Crippen molar-refractivity contribution >= 4 is 11.7 Å². The Hall–Kier alpha value is -2.13. The van der Waals surface area contributed by atoms with Crippen LogP contribution in [0.2, 0.25) is 0 Å². The highest BCUT2D eigenvalue weighted by Crippen LogP contribution is 2.36. The summed E-state index contributed by atoms with van der Waals surface area (Å²) in [5.74, 6) is 0.571. The number of nitrogens with two attached hydrogens (primary N) is 1. The van der Waals surface area contributed by atoms with Gasteiger partial charge in [0, 0.05) is 43.6 Å². The van der Waals surface area contributed by atoms with Crippen LogP contribution in [-0.2, 0) is 22.5 Å². The molecule has 2 aliphatic heterocycles. The van der Waals surface area contributed by atoms with Gasteiger partial charge in [-0.3, -0.25) is 4.79 Å². The van der Waals surface area contributed by atoms with Crippen LogP contribution in [0.4, 0.5) is 5.82 Å². The number of fused-ring (bicyclic) bond motifs is 1. The molecule has 6 heteroatoms. The van der Waals surface area contributed by atoms with E-state index in [9.17, 15) is 10.1 Å². The number of rotatable bonds is 2. The van der Waals surface area contributed by atoms with Gasteiger partial charge in [0.05, 0.1) is 12.2 Å². The standard InChI is InChI=1S/C17H22N4O2/c1-10(2)17(22)21-5-3-14-13(8-21)15(11-4-6-23-9-11)12(7-18)16(19)20-14/h10-11H,3-6,8-9H2,1-2H3,(H2,19,20). The van der Waals surface area contributed by atoms with Crippen LogP contribution in [0.15, 0.2) is 0 Å². The van der Waals surface area contributed by atoms with E-state index in [0.717, 1.165) is 23.2 Å². The molecule has 0 bridgehead atoms. The highest BCUT2D eigenvalue weighted by Gasteiger charge is 2.32. The lowest BCUT2D eigenvalue weighted by Crippen LogP contribution is -2.39. The van der Waals surface area contributed by atoms with Gasteiger partial charge >= 0.3 is 0 Å². The van der Waals surface area contributed by atoms with Crippen molar-refractivity contribution in [2.75, 3.05) is 25.5 Å². The largest absolute Gasteiger partial charge is 0.383 e. The Balaban J connectivity index is 2.06. The third-order valence-electron chi connectivity index (χ3n) is 4.68. The second-order valence-corrected chi connectivity index (χ2v) is 6.55. The molecule has 3 rings (SSSR count). The normalized spacial score (nSPS) is 20.4. The smallest absolute Gasteiger partial charge is 0.225 e. The molecule has 1 unspecified atom stereocenters. The number of nitrogen functional groups attached to an aromatic ring is 1. The molecule has 0 aromatic carbocycles. The quantitative estimate of drug-likeness (QED) is 0.894. The number of hydrogen-bond acceptors (Lipinski definition) is 5. The molecule has 6 nitrogen and oxygen atoms in total. The van der Waals surface area contributed by atoms with Crippen molar-refractivity contribution in [1.82, 2.24) is 9.88 Å². The summed E-state index contributed by atoms with van der Waals surface area (Å²) in [5.41, 5.74) is 9.35. The molecule has 0 radical (unpaired) electrons. The Labute approximate surface area is 136 Å². The van der Waals surface area contributed by atoms with Gasteiger partial charge in [0.25, 0.3) is 0 Å². The first-order chi connectivity index (χ1) is 11.0. The topological polar surface area (TPSA) is 92.2 Å². The van der Waals surface area contributed by atoms with Crippen LogP contribution in [0.3, 0.4) is 0 Å². The number of ether oxygens (including phenoxy) is 1. The number of carbonyl (C=O) groups is 1. The third-order valence-corrected chi connectivity index (χ3v) is 4.68. The summed E-state index contributed by atoms with van der Waals surface area (Å²) >= 11 is 0. The molecule has 0 aliphatic carbocycles. The summed E-state index contributed by atoms with van der Waals surface area (Å²) in [6, 6.07) is 2.21. The van der Waals surface area contributed by atoms with Gasteiger partial charge in [-0.15, -0.1) is 0 Å². The number of nitrogens with zero attached hydrogens (tertiary/aromatic N) is 3. The average Bonchev–Trinajstić information content (AvgIpc) is 3.06. The maximum Gasteiger partial charge on any atom is 0.225 e. The number of hydrogen-bond donors (Lipinski definition) is 1. The van der Waals surface area contributed by atoms with E-state index in [1.165, 1.54) is 0 Å². The van der Waals surface area contributed by atoms with Crippen molar-refractivity contribution < 1.29 is 9.53 Å². The van der Waals surface area contributed by atoms with Crippen LogP contribution in [0.1, 0.15) is 48.6 Å². The van der Waals surface area contributed by atoms with E-state index < -0.39 is 0 Å². The highest BCUT2D eigenvalue weighted by molar-refractivity contribution is 5.78. The monoisotopic (exact) mass is 314 g/mol. The summed E-state index contributed by atoms with van der Waals surface area (Å²) in [5, 5.41) is 9.53. The van der Waals surface area contributed by atoms with Crippen LogP contribution >= 0.6 is 0 Å². The van der Waals surface area contributed by atoms with Gasteiger partial charge in [-0.1, -0.05) is 13.8 Å². The molecule has 0 saturated carbocycles. The summed E-state index contributed by atoms with van der Waals surface area (Å²) in [4.78, 5) is 18.7. The fourth-order valence-corrected chi connectivity index (χ4v) is 3.49. The van der Waals surface area contributed by atoms with Crippen molar-refractivity contribution in [3.05, 3.63) is 22.4 Å². The molecule has 1 aromatic rings. The fourth-order valence-electron chi connectivity index (χ4n) is 3.49. The molecule has 2 aliphatic rings. The second kappa shape index (κ2) is 6.17. The zero-order valence-corrected chi connectivity index (χ0v) is 13.6. The number of nitriles is 1. The van der Waals surface area contributed by atoms with Crippen LogP contribution < -0.4 is 5.73 Å². The number of carbonyl (C=O) groups excluding carboxylic acids is 1. The van der Waals surface area contributed by atoms with Crippen LogP contribution in [0, 0.1) is 17.2 Å². The maximum absolute atomic E-state index is 12.4. The van der Waals surface area contributed by atoms with E-state index in [2.05, 4.69) is 11.1 Å². The summed E-state index contributed by atoms with van der Waals surface area (Å²) in [6.07, 6.45) is 1.56. The Kier molecular flexibility index (Phi) is 4.22. The molecule has 122 valence electrons. The van der Waals surface area contributed by atoms with Gasteiger partial charge in [0.1, 0.15) is 11.9 Å². The summed E-state index contributed by atoms with van der Waals surface area (Å²) < 4.78 is 5.50. The van der Waals surface area contributed by atoms with Gasteiger partial charge in [0.2, 0.25) is 5.91 Å². The molecule has 1 saturated heterocycles. The average molecular weight is 314 g/mol. The number of pyridine rings is 1. The van der Waals surface area contributed by atoms with Crippen molar-refractivity contribution in [1.29, 1.82) is 5.26 Å². The molecular weight excluding hydrogens is 292 g/mol. The minimum Gasteiger partial charge on any atom is -0.383 e. The molecule has 1 fully saturated rings. The molecule has 1 atom stereocenters. The minimum absolute atomic E-state index is 0.0352. The van der Waals surface area contributed by atoms with Crippen molar-refractivity contribution in [2.45, 2.75) is 39.2 Å². The molecular formula is C17H22N4O2. The number of amides is 1. The van der Waals surface area contributed by atoms with E-state index in [1.54, 1.807) is 0 Å². The summed E-state index contributed by atoms with van der Waals surface area (Å²) in [6.45, 7) is 6.28. The first kappa shape index (κ1) is 15.8. The molecule has 3 heterocycles. The first-order valence-corrected chi connectivity index (χ1v) is 8.10. The molecule has 1 aromatic heterocycles. The number of anilines is 1. The second-order valence-electron chi connectivity index (χ2n) is 6.55. The van der Waals surface area contributed by atoms with Gasteiger partial charge in [-0.25, -0.2) is 4.98 Å². The van der Waals surface area contributed by atoms with Crippen LogP contribution in [-0.4, -0.2) is 35.5 Å². The Morgan fingerprint density at radius 3 is 2.91 bits per heavy atom. The highest BCUT2D eigenvalue weighted by atomic mass is 16.5. The number of aromatic nitrogens is 1. The van der Waals surface area contributed by atoms with E-state index >= 15 is 0 Å². The van der Waals surface area contributed by atoms with E-state index in [-0.39, 0.29) is 17.7 Å². The van der Waals surface area contributed by atoms with Crippen molar-refractivity contribution in [2.24, 2.45) is 5.92 Å². The third kappa shape index (κ3) is 2.77. The lowest BCUT2D eigenvalue weighted by molar-refractivity contribution is -0.135. The van der Waals surface area contributed by atoms with E-state index in [4.69, 9.17) is 10.5 Å². The molecule has 2 N–H and O–H groups in total. The van der Waals surface area contributed by atoms with Gasteiger partial charge < -0.3 is 15.4 Å². The van der Waals surface area contributed by atoms with Gasteiger partial charge in [-0.05, 0) is 17.5 Å². The Morgan fingerprint density at radius 2 is 2.30 bits per heavy atom. The minimum atomic E-state index is -0.0352. The maximum atomic E-state index is 12.4. The molecule has 1 amide bonds. The van der Waals surface area contributed by atoms with Gasteiger partial charge in [-0.2, -0.15) is 5.26 Å². The Morgan fingerprint density at radius 1 is 1.52 bits per heavy atom. The fraction of sp³-hybridized carbons (Fsp3) is 0.588. The predicted molar refractivity (Wildman–Crippen MR) is 85.5 cm³/mol. The van der Waals surface area contributed by atoms with Crippen molar-refractivity contribution in [3.8, 4) is 6.07 Å². The molecule has 0 spiro atoms. The zero-order chi connectivity index (χ0) is 16.6. The van der Waals surface area contributed by atoms with E-state index in [1.807, 2.05) is 18.7 Å². The lowest BCUT2D eigenvalue weighted by Gasteiger charge is -2.32. The van der Waals surface area contributed by atoms with Crippen molar-refractivity contribution in [3.63, 3.8) is 0 Å².